The summed E-state index contributed by atoms with van der Waals surface area (Å²) in [7, 11) is 0. The average molecular weight is 443 g/mol. The number of nitrogens with zero attached hydrogens (tertiary/aromatic N) is 1. The normalized spacial score (nSPS) is 11.7. The largest absolute Gasteiger partial charge is 0.478 e. The predicted octanol–water partition coefficient (Wildman–Crippen LogP) is 4.42. The highest BCUT2D eigenvalue weighted by atomic mass is 16.5. The summed E-state index contributed by atoms with van der Waals surface area (Å²) in [4.78, 5) is 43.6. The number of aryl methyl sites for hydroxylation is 1. The smallest absolute Gasteiger partial charge is 0.338 e. The number of hydrogen-bond donors (Lipinski definition) is 3. The van der Waals surface area contributed by atoms with E-state index in [1.54, 1.807) is 18.2 Å². The van der Waals surface area contributed by atoms with Crippen molar-refractivity contribution in [1.82, 2.24) is 9.97 Å². The molecule has 3 N–H and O–H groups in total. The summed E-state index contributed by atoms with van der Waals surface area (Å²) < 4.78 is 5.31. The average Bonchev–Trinajstić information content (AvgIpc) is 3.23. The number of imidazole rings is 1. The first-order valence-corrected chi connectivity index (χ1v) is 10.2. The second-order valence-corrected chi connectivity index (χ2v) is 7.60. The molecule has 0 spiro atoms. The first-order chi connectivity index (χ1) is 15.8. The number of esters is 1. The number of aromatic amines is 1. The Hall–Kier alpha value is -4.46. The maximum absolute atomic E-state index is 12.6. The lowest BCUT2D eigenvalue weighted by molar-refractivity contribution is -0.123. The quantitative estimate of drug-likeness (QED) is 0.379. The van der Waals surface area contributed by atoms with Gasteiger partial charge in [0.05, 0.1) is 22.2 Å². The van der Waals surface area contributed by atoms with Crippen LogP contribution in [0.2, 0.25) is 0 Å². The molecular formula is C25H21N3O5. The number of rotatable bonds is 6. The second kappa shape index (κ2) is 8.96. The first-order valence-electron chi connectivity index (χ1n) is 10.2. The molecular weight excluding hydrogens is 422 g/mol. The lowest BCUT2D eigenvalue weighted by Crippen LogP contribution is -2.30. The maximum Gasteiger partial charge on any atom is 0.338 e. The van der Waals surface area contributed by atoms with Gasteiger partial charge in [-0.3, -0.25) is 4.79 Å². The van der Waals surface area contributed by atoms with Crippen molar-refractivity contribution in [2.75, 3.05) is 5.32 Å². The zero-order chi connectivity index (χ0) is 23.5. The van der Waals surface area contributed by atoms with Gasteiger partial charge in [-0.25, -0.2) is 14.6 Å². The standard InChI is InChI=1S/C25H21N3O5/c1-14-3-5-16(6-4-14)22-27-20-12-9-18(13-21(20)28-22)25(32)33-15(2)23(29)26-19-10-7-17(8-11-19)24(30)31/h3-13,15H,1-2H3,(H,26,29)(H,27,28)(H,30,31). The van der Waals surface area contributed by atoms with Crippen molar-refractivity contribution < 1.29 is 24.2 Å². The van der Waals surface area contributed by atoms with E-state index in [-0.39, 0.29) is 11.1 Å². The van der Waals surface area contributed by atoms with Gasteiger partial charge in [-0.15, -0.1) is 0 Å². The van der Waals surface area contributed by atoms with E-state index in [1.165, 1.54) is 31.2 Å². The molecule has 0 aliphatic rings. The summed E-state index contributed by atoms with van der Waals surface area (Å²) in [6.45, 7) is 3.47. The number of carbonyl (C=O) groups is 3. The Balaban J connectivity index is 1.43. The molecule has 0 saturated carbocycles. The van der Waals surface area contributed by atoms with E-state index >= 15 is 0 Å². The lowest BCUT2D eigenvalue weighted by atomic mass is 10.1. The molecule has 0 aliphatic carbocycles. The number of carboxylic acid groups (broad SMARTS) is 1. The van der Waals surface area contributed by atoms with Crippen LogP contribution in [0.5, 0.6) is 0 Å². The summed E-state index contributed by atoms with van der Waals surface area (Å²) in [5.41, 5.74) is 4.25. The van der Waals surface area contributed by atoms with Crippen LogP contribution in [0.25, 0.3) is 22.4 Å². The van der Waals surface area contributed by atoms with Gasteiger partial charge in [-0.2, -0.15) is 0 Å². The number of nitrogens with one attached hydrogen (secondary N) is 2. The Labute approximate surface area is 189 Å². The van der Waals surface area contributed by atoms with Crippen molar-refractivity contribution in [3.05, 3.63) is 83.4 Å². The van der Waals surface area contributed by atoms with Gasteiger partial charge in [0.2, 0.25) is 0 Å². The third-order valence-corrected chi connectivity index (χ3v) is 5.10. The Bertz CT molecular complexity index is 1340. The fourth-order valence-electron chi connectivity index (χ4n) is 3.21. The fraction of sp³-hybridized carbons (Fsp3) is 0.120. The number of anilines is 1. The number of aromatic carboxylic acids is 1. The minimum Gasteiger partial charge on any atom is -0.478 e. The van der Waals surface area contributed by atoms with E-state index in [4.69, 9.17) is 9.84 Å². The molecule has 0 fully saturated rings. The number of amides is 1. The van der Waals surface area contributed by atoms with Crippen LogP contribution >= 0.6 is 0 Å². The molecule has 0 aliphatic heterocycles. The summed E-state index contributed by atoms with van der Waals surface area (Å²) in [6.07, 6.45) is -1.06. The van der Waals surface area contributed by atoms with Crippen molar-refractivity contribution in [2.45, 2.75) is 20.0 Å². The van der Waals surface area contributed by atoms with Gasteiger partial charge in [0, 0.05) is 11.3 Å². The number of H-pyrrole nitrogens is 1. The SMILES string of the molecule is Cc1ccc(-c2nc3ccc(C(=O)OC(C)C(=O)Nc4ccc(C(=O)O)cc4)cc3[nH]2)cc1. The molecule has 33 heavy (non-hydrogen) atoms. The third kappa shape index (κ3) is 4.90. The van der Waals surface area contributed by atoms with Crippen LogP contribution in [-0.2, 0) is 9.53 Å². The number of ether oxygens (including phenoxy) is 1. The highest BCUT2D eigenvalue weighted by Gasteiger charge is 2.20. The van der Waals surface area contributed by atoms with Crippen molar-refractivity contribution in [2.24, 2.45) is 0 Å². The zero-order valence-corrected chi connectivity index (χ0v) is 18.0. The zero-order valence-electron chi connectivity index (χ0n) is 18.0. The van der Waals surface area contributed by atoms with E-state index in [0.717, 1.165) is 11.1 Å². The Morgan fingerprint density at radius 2 is 1.64 bits per heavy atom. The highest BCUT2D eigenvalue weighted by molar-refractivity contribution is 5.99. The van der Waals surface area contributed by atoms with Crippen LogP contribution in [0.1, 0.15) is 33.2 Å². The van der Waals surface area contributed by atoms with Crippen molar-refractivity contribution in [3.63, 3.8) is 0 Å². The highest BCUT2D eigenvalue weighted by Crippen LogP contribution is 2.22. The Morgan fingerprint density at radius 1 is 0.970 bits per heavy atom. The van der Waals surface area contributed by atoms with Crippen LogP contribution in [0.15, 0.2) is 66.7 Å². The number of hydrogen-bond acceptors (Lipinski definition) is 5. The molecule has 8 nitrogen and oxygen atoms in total. The van der Waals surface area contributed by atoms with Gasteiger partial charge in [-0.05, 0) is 56.3 Å². The molecule has 3 aromatic carbocycles. The molecule has 0 radical (unpaired) electrons. The van der Waals surface area contributed by atoms with E-state index in [2.05, 4.69) is 15.3 Å². The van der Waals surface area contributed by atoms with E-state index in [9.17, 15) is 14.4 Å². The molecule has 166 valence electrons. The monoisotopic (exact) mass is 443 g/mol. The van der Waals surface area contributed by atoms with Crippen LogP contribution in [0, 0.1) is 6.92 Å². The van der Waals surface area contributed by atoms with Gasteiger partial charge in [0.25, 0.3) is 5.91 Å². The maximum atomic E-state index is 12.6. The molecule has 1 atom stereocenters. The number of carbonyl (C=O) groups excluding carboxylic acids is 2. The van der Waals surface area contributed by atoms with Crippen molar-refractivity contribution in [1.29, 1.82) is 0 Å². The van der Waals surface area contributed by atoms with E-state index in [0.29, 0.717) is 22.5 Å². The molecule has 4 rings (SSSR count). The van der Waals surface area contributed by atoms with E-state index < -0.39 is 23.9 Å². The number of benzene rings is 3. The second-order valence-electron chi connectivity index (χ2n) is 7.60. The molecule has 0 saturated heterocycles. The van der Waals surface area contributed by atoms with Crippen LogP contribution in [-0.4, -0.2) is 39.0 Å². The lowest BCUT2D eigenvalue weighted by Gasteiger charge is -2.13. The molecule has 4 aromatic rings. The Morgan fingerprint density at radius 3 is 2.30 bits per heavy atom. The van der Waals surface area contributed by atoms with Gasteiger partial charge >= 0.3 is 11.9 Å². The molecule has 1 aromatic heterocycles. The molecule has 1 unspecified atom stereocenters. The van der Waals surface area contributed by atoms with Gasteiger partial charge in [0.1, 0.15) is 5.82 Å². The van der Waals surface area contributed by atoms with Gasteiger partial charge < -0.3 is 20.1 Å². The van der Waals surface area contributed by atoms with Gasteiger partial charge in [0.15, 0.2) is 6.10 Å². The summed E-state index contributed by atoms with van der Waals surface area (Å²) in [6, 6.07) is 18.6. The minimum atomic E-state index is -1.06. The van der Waals surface area contributed by atoms with E-state index in [1.807, 2.05) is 31.2 Å². The minimum absolute atomic E-state index is 0.104. The predicted molar refractivity (Wildman–Crippen MR) is 123 cm³/mol. The van der Waals surface area contributed by atoms with Crippen LogP contribution < -0.4 is 5.32 Å². The summed E-state index contributed by atoms with van der Waals surface area (Å²) in [5.74, 6) is -1.55. The summed E-state index contributed by atoms with van der Waals surface area (Å²) in [5, 5.41) is 11.5. The van der Waals surface area contributed by atoms with Gasteiger partial charge in [-0.1, -0.05) is 29.8 Å². The molecule has 1 amide bonds. The van der Waals surface area contributed by atoms with Crippen LogP contribution in [0.4, 0.5) is 5.69 Å². The Kier molecular flexibility index (Phi) is 5.91. The number of carboxylic acids is 1. The van der Waals surface area contributed by atoms with Crippen molar-refractivity contribution >= 4 is 34.6 Å². The van der Waals surface area contributed by atoms with Crippen molar-refractivity contribution in [3.8, 4) is 11.4 Å². The molecule has 8 heteroatoms. The molecule has 0 bridgehead atoms. The fourth-order valence-corrected chi connectivity index (χ4v) is 3.21. The van der Waals surface area contributed by atoms with Crippen LogP contribution in [0.3, 0.4) is 0 Å². The topological polar surface area (TPSA) is 121 Å². The molecule has 1 heterocycles. The third-order valence-electron chi connectivity index (χ3n) is 5.10. The first kappa shape index (κ1) is 21.8. The summed E-state index contributed by atoms with van der Waals surface area (Å²) >= 11 is 0. The number of fused-ring (bicyclic) bond motifs is 1. The number of aromatic nitrogens is 2.